The van der Waals surface area contributed by atoms with Gasteiger partial charge in [-0.3, -0.25) is 4.79 Å². The van der Waals surface area contributed by atoms with Gasteiger partial charge < -0.3 is 10.6 Å². The second-order valence-electron chi connectivity index (χ2n) is 5.39. The van der Waals surface area contributed by atoms with Crippen LogP contribution in [0.2, 0.25) is 0 Å². The third-order valence-corrected chi connectivity index (χ3v) is 4.32. The maximum absolute atomic E-state index is 12.6. The van der Waals surface area contributed by atoms with Gasteiger partial charge in [-0.1, -0.05) is 0 Å². The number of hydrogen-bond acceptors (Lipinski definition) is 4. The standard InChI is InChI=1S/C14H21N3O3S.ClH/c1-21(19,20)16-10-13-4-2-3-9-17(13)14(18)11-5-7-12(15)8-6-11;/h5-8,13,16H,2-4,9-10,15H2,1H3;1H. The molecule has 22 heavy (non-hydrogen) atoms. The van der Waals surface area contributed by atoms with E-state index in [1.807, 2.05) is 0 Å². The number of anilines is 1. The summed E-state index contributed by atoms with van der Waals surface area (Å²) in [6.45, 7) is 0.916. The molecule has 1 fully saturated rings. The van der Waals surface area contributed by atoms with Crippen LogP contribution in [-0.2, 0) is 10.0 Å². The lowest BCUT2D eigenvalue weighted by atomic mass is 10.0. The predicted octanol–water partition coefficient (Wildman–Crippen LogP) is 1.23. The molecule has 1 unspecified atom stereocenters. The summed E-state index contributed by atoms with van der Waals surface area (Å²) in [6, 6.07) is 6.70. The van der Waals surface area contributed by atoms with Gasteiger partial charge in [0, 0.05) is 30.4 Å². The molecule has 1 amide bonds. The van der Waals surface area contributed by atoms with Crippen LogP contribution in [-0.4, -0.2) is 44.6 Å². The molecule has 1 atom stereocenters. The van der Waals surface area contributed by atoms with Crippen LogP contribution < -0.4 is 10.5 Å². The minimum atomic E-state index is -3.25. The van der Waals surface area contributed by atoms with Crippen molar-refractivity contribution in [2.24, 2.45) is 0 Å². The molecular formula is C14H22ClN3O3S. The Kier molecular flexibility index (Phi) is 6.65. The molecule has 8 heteroatoms. The second-order valence-corrected chi connectivity index (χ2v) is 7.22. The topological polar surface area (TPSA) is 92.5 Å². The number of carbonyl (C=O) groups excluding carboxylic acids is 1. The Hall–Kier alpha value is -1.31. The van der Waals surface area contributed by atoms with Gasteiger partial charge in [-0.25, -0.2) is 13.1 Å². The molecule has 0 spiro atoms. The number of sulfonamides is 1. The van der Waals surface area contributed by atoms with Gasteiger partial charge >= 0.3 is 0 Å². The molecule has 1 saturated heterocycles. The van der Waals surface area contributed by atoms with Crippen LogP contribution in [0.1, 0.15) is 29.6 Å². The number of nitrogens with two attached hydrogens (primary N) is 1. The molecule has 124 valence electrons. The minimum absolute atomic E-state index is 0. The minimum Gasteiger partial charge on any atom is -0.399 e. The molecule has 1 aromatic rings. The van der Waals surface area contributed by atoms with Gasteiger partial charge in [-0.05, 0) is 43.5 Å². The largest absolute Gasteiger partial charge is 0.399 e. The number of piperidine rings is 1. The molecule has 6 nitrogen and oxygen atoms in total. The molecular weight excluding hydrogens is 326 g/mol. The number of likely N-dealkylation sites (tertiary alicyclic amines) is 1. The molecule has 3 N–H and O–H groups in total. The third kappa shape index (κ3) is 5.15. The van der Waals surface area contributed by atoms with Crippen molar-refractivity contribution in [1.29, 1.82) is 0 Å². The highest BCUT2D eigenvalue weighted by Gasteiger charge is 2.27. The first-order chi connectivity index (χ1) is 9.87. The summed E-state index contributed by atoms with van der Waals surface area (Å²) in [4.78, 5) is 14.3. The number of nitrogens with zero attached hydrogens (tertiary/aromatic N) is 1. The Bertz CT molecular complexity index is 604. The summed E-state index contributed by atoms with van der Waals surface area (Å²) in [6.07, 6.45) is 3.88. The number of carbonyl (C=O) groups is 1. The lowest BCUT2D eigenvalue weighted by Gasteiger charge is -2.35. The number of benzene rings is 1. The maximum atomic E-state index is 12.6. The highest BCUT2D eigenvalue weighted by atomic mass is 35.5. The zero-order valence-corrected chi connectivity index (χ0v) is 14.1. The first kappa shape index (κ1) is 18.7. The molecule has 0 radical (unpaired) electrons. The molecule has 2 rings (SSSR count). The monoisotopic (exact) mass is 347 g/mol. The number of hydrogen-bond donors (Lipinski definition) is 2. The summed E-state index contributed by atoms with van der Waals surface area (Å²) >= 11 is 0. The first-order valence-electron chi connectivity index (χ1n) is 6.98. The van der Waals surface area contributed by atoms with Gasteiger partial charge in [0.05, 0.1) is 6.26 Å². The lowest BCUT2D eigenvalue weighted by Crippen LogP contribution is -2.49. The quantitative estimate of drug-likeness (QED) is 0.801. The zero-order chi connectivity index (χ0) is 15.5. The third-order valence-electron chi connectivity index (χ3n) is 3.63. The van der Waals surface area contributed by atoms with E-state index < -0.39 is 10.0 Å². The van der Waals surface area contributed by atoms with Gasteiger partial charge in [0.25, 0.3) is 5.91 Å². The fourth-order valence-electron chi connectivity index (χ4n) is 2.52. The molecule has 1 heterocycles. The maximum Gasteiger partial charge on any atom is 0.254 e. The summed E-state index contributed by atoms with van der Waals surface area (Å²) < 4.78 is 25.0. The van der Waals surface area contributed by atoms with Crippen molar-refractivity contribution in [3.8, 4) is 0 Å². The normalized spacial score (nSPS) is 18.6. The van der Waals surface area contributed by atoms with Crippen molar-refractivity contribution >= 4 is 34.0 Å². The van der Waals surface area contributed by atoms with Gasteiger partial charge in [0.15, 0.2) is 0 Å². The molecule has 0 aromatic heterocycles. The van der Waals surface area contributed by atoms with E-state index in [2.05, 4.69) is 4.72 Å². The molecule has 0 aliphatic carbocycles. The van der Waals surface area contributed by atoms with E-state index in [4.69, 9.17) is 5.73 Å². The van der Waals surface area contributed by atoms with E-state index in [1.54, 1.807) is 29.2 Å². The zero-order valence-electron chi connectivity index (χ0n) is 12.5. The smallest absolute Gasteiger partial charge is 0.254 e. The Balaban J connectivity index is 0.00000242. The van der Waals surface area contributed by atoms with Crippen LogP contribution in [0.4, 0.5) is 5.69 Å². The molecule has 1 aliphatic heterocycles. The molecule has 0 saturated carbocycles. The summed E-state index contributed by atoms with van der Waals surface area (Å²) in [7, 11) is -3.25. The summed E-state index contributed by atoms with van der Waals surface area (Å²) in [5.74, 6) is -0.0741. The van der Waals surface area contributed by atoms with Crippen LogP contribution in [0, 0.1) is 0 Å². The van der Waals surface area contributed by atoms with Gasteiger partial charge in [0.2, 0.25) is 10.0 Å². The van der Waals surface area contributed by atoms with Crippen LogP contribution >= 0.6 is 12.4 Å². The Labute approximate surface area is 137 Å². The van der Waals surface area contributed by atoms with Crippen molar-refractivity contribution in [2.75, 3.05) is 25.1 Å². The van der Waals surface area contributed by atoms with E-state index in [0.717, 1.165) is 25.5 Å². The number of rotatable bonds is 4. The van der Waals surface area contributed by atoms with Crippen LogP contribution in [0.25, 0.3) is 0 Å². The summed E-state index contributed by atoms with van der Waals surface area (Å²) in [5.41, 5.74) is 6.82. The van der Waals surface area contributed by atoms with E-state index in [1.165, 1.54) is 0 Å². The van der Waals surface area contributed by atoms with Gasteiger partial charge in [-0.2, -0.15) is 0 Å². The van der Waals surface area contributed by atoms with E-state index >= 15 is 0 Å². The molecule has 0 bridgehead atoms. The fraction of sp³-hybridized carbons (Fsp3) is 0.500. The van der Waals surface area contributed by atoms with Crippen molar-refractivity contribution in [3.63, 3.8) is 0 Å². The Morgan fingerprint density at radius 3 is 2.55 bits per heavy atom. The van der Waals surface area contributed by atoms with Crippen LogP contribution in [0.5, 0.6) is 0 Å². The number of nitrogen functional groups attached to an aromatic ring is 1. The van der Waals surface area contributed by atoms with Gasteiger partial charge in [0.1, 0.15) is 0 Å². The number of amides is 1. The molecule has 1 aromatic carbocycles. The van der Waals surface area contributed by atoms with E-state index in [9.17, 15) is 13.2 Å². The first-order valence-corrected chi connectivity index (χ1v) is 8.87. The van der Waals surface area contributed by atoms with E-state index in [-0.39, 0.29) is 30.9 Å². The predicted molar refractivity (Wildman–Crippen MR) is 89.6 cm³/mol. The lowest BCUT2D eigenvalue weighted by molar-refractivity contribution is 0.0619. The van der Waals surface area contributed by atoms with E-state index in [0.29, 0.717) is 17.8 Å². The van der Waals surface area contributed by atoms with Crippen molar-refractivity contribution in [1.82, 2.24) is 9.62 Å². The molecule has 1 aliphatic rings. The second kappa shape index (κ2) is 7.80. The SMILES string of the molecule is CS(=O)(=O)NCC1CCCCN1C(=O)c1ccc(N)cc1.Cl. The fourth-order valence-corrected chi connectivity index (χ4v) is 3.01. The average Bonchev–Trinajstić information content (AvgIpc) is 2.45. The van der Waals surface area contributed by atoms with Crippen LogP contribution in [0.15, 0.2) is 24.3 Å². The highest BCUT2D eigenvalue weighted by Crippen LogP contribution is 2.20. The average molecular weight is 348 g/mol. The van der Waals surface area contributed by atoms with Gasteiger partial charge in [-0.15, -0.1) is 12.4 Å². The summed E-state index contributed by atoms with van der Waals surface area (Å²) in [5, 5.41) is 0. The van der Waals surface area contributed by atoms with Crippen molar-refractivity contribution in [2.45, 2.75) is 25.3 Å². The number of nitrogens with one attached hydrogen (secondary N) is 1. The van der Waals surface area contributed by atoms with Crippen LogP contribution in [0.3, 0.4) is 0 Å². The Morgan fingerprint density at radius 2 is 1.95 bits per heavy atom. The van der Waals surface area contributed by atoms with Crippen molar-refractivity contribution in [3.05, 3.63) is 29.8 Å². The Morgan fingerprint density at radius 1 is 1.32 bits per heavy atom. The highest BCUT2D eigenvalue weighted by molar-refractivity contribution is 7.88. The number of halogens is 1. The van der Waals surface area contributed by atoms with Crippen molar-refractivity contribution < 1.29 is 13.2 Å².